The Morgan fingerprint density at radius 3 is 2.05 bits per heavy atom. The minimum absolute atomic E-state index is 0.338. The normalized spacial score (nSPS) is 13.1. The van der Waals surface area contributed by atoms with Gasteiger partial charge in [-0.25, -0.2) is 4.18 Å². The average molecular weight is 324 g/mol. The Balaban J connectivity index is 3.78. The molecule has 1 unspecified atom stereocenters. The highest BCUT2D eigenvalue weighted by Crippen LogP contribution is 2.12. The van der Waals surface area contributed by atoms with Gasteiger partial charge in [0, 0.05) is 6.92 Å². The summed E-state index contributed by atoms with van der Waals surface area (Å²) in [5.74, 6) is -0.487. The van der Waals surface area contributed by atoms with E-state index in [1.807, 2.05) is 0 Å². The fourth-order valence-electron chi connectivity index (χ4n) is 2.08. The SMILES string of the molecule is CCCCCCCCCCC(COS(=O)(=O)O)OC(C)=O. The second-order valence-electron chi connectivity index (χ2n) is 5.21. The van der Waals surface area contributed by atoms with Crippen molar-refractivity contribution in [3.05, 3.63) is 0 Å². The van der Waals surface area contributed by atoms with Crippen LogP contribution in [-0.4, -0.2) is 31.7 Å². The number of carbonyl (C=O) groups excluding carboxylic acids is 1. The standard InChI is InChI=1S/C14H28O6S/c1-3-4-5-6-7-8-9-10-11-14(20-13(2)15)12-19-21(16,17)18/h14H,3-12H2,1-2H3,(H,16,17,18). The van der Waals surface area contributed by atoms with Gasteiger partial charge in [-0.15, -0.1) is 0 Å². The van der Waals surface area contributed by atoms with E-state index in [1.54, 1.807) is 0 Å². The summed E-state index contributed by atoms with van der Waals surface area (Å²) < 4.78 is 38.8. The molecule has 0 fully saturated rings. The molecule has 0 aliphatic rings. The fraction of sp³-hybridized carbons (Fsp3) is 0.929. The van der Waals surface area contributed by atoms with Crippen molar-refractivity contribution in [1.29, 1.82) is 0 Å². The zero-order valence-corrected chi connectivity index (χ0v) is 13.9. The van der Waals surface area contributed by atoms with Gasteiger partial charge in [-0.2, -0.15) is 8.42 Å². The van der Waals surface area contributed by atoms with Gasteiger partial charge in [-0.1, -0.05) is 51.9 Å². The molecule has 1 atom stereocenters. The van der Waals surface area contributed by atoms with Gasteiger partial charge in [0.25, 0.3) is 0 Å². The topological polar surface area (TPSA) is 89.9 Å². The first-order chi connectivity index (χ1) is 9.85. The molecular formula is C14H28O6S. The van der Waals surface area contributed by atoms with Crippen LogP contribution in [0, 0.1) is 0 Å². The molecule has 0 radical (unpaired) electrons. The fourth-order valence-corrected chi connectivity index (χ4v) is 2.40. The lowest BCUT2D eigenvalue weighted by Gasteiger charge is -2.15. The molecule has 0 aliphatic carbocycles. The van der Waals surface area contributed by atoms with Crippen LogP contribution in [0.5, 0.6) is 0 Å². The van der Waals surface area contributed by atoms with Crippen LogP contribution in [0.15, 0.2) is 0 Å². The predicted octanol–water partition coefficient (Wildman–Crippen LogP) is 3.27. The largest absolute Gasteiger partial charge is 0.460 e. The Kier molecular flexibility index (Phi) is 11.6. The van der Waals surface area contributed by atoms with Crippen molar-refractivity contribution in [2.45, 2.75) is 77.7 Å². The van der Waals surface area contributed by atoms with Crippen LogP contribution in [0.3, 0.4) is 0 Å². The summed E-state index contributed by atoms with van der Waals surface area (Å²) in [4.78, 5) is 10.9. The number of unbranched alkanes of at least 4 members (excludes halogenated alkanes) is 7. The number of esters is 1. The first-order valence-electron chi connectivity index (χ1n) is 7.64. The highest BCUT2D eigenvalue weighted by molar-refractivity contribution is 7.80. The Morgan fingerprint density at radius 2 is 1.57 bits per heavy atom. The third-order valence-corrected chi connectivity index (χ3v) is 3.55. The maximum atomic E-state index is 10.9. The number of carbonyl (C=O) groups is 1. The van der Waals surface area contributed by atoms with Crippen molar-refractivity contribution < 1.29 is 26.7 Å². The molecule has 1 N–H and O–H groups in total. The van der Waals surface area contributed by atoms with E-state index in [4.69, 9.17) is 9.29 Å². The lowest BCUT2D eigenvalue weighted by atomic mass is 10.1. The molecule has 0 saturated carbocycles. The van der Waals surface area contributed by atoms with E-state index in [9.17, 15) is 13.2 Å². The smallest absolute Gasteiger partial charge is 0.397 e. The van der Waals surface area contributed by atoms with Gasteiger partial charge in [-0.05, 0) is 12.8 Å². The zero-order chi connectivity index (χ0) is 16.1. The van der Waals surface area contributed by atoms with E-state index < -0.39 is 22.5 Å². The van der Waals surface area contributed by atoms with Crippen molar-refractivity contribution in [2.75, 3.05) is 6.61 Å². The first-order valence-corrected chi connectivity index (χ1v) is 9.00. The van der Waals surface area contributed by atoms with E-state index in [2.05, 4.69) is 11.1 Å². The van der Waals surface area contributed by atoms with Crippen LogP contribution in [0.2, 0.25) is 0 Å². The molecule has 7 heteroatoms. The summed E-state index contributed by atoms with van der Waals surface area (Å²) in [5, 5.41) is 0. The van der Waals surface area contributed by atoms with Gasteiger partial charge < -0.3 is 4.74 Å². The molecule has 0 amide bonds. The van der Waals surface area contributed by atoms with E-state index in [-0.39, 0.29) is 6.61 Å². The van der Waals surface area contributed by atoms with Crippen LogP contribution in [0.4, 0.5) is 0 Å². The van der Waals surface area contributed by atoms with E-state index in [1.165, 1.54) is 39.0 Å². The highest BCUT2D eigenvalue weighted by atomic mass is 32.3. The van der Waals surface area contributed by atoms with Crippen LogP contribution in [0.1, 0.15) is 71.6 Å². The van der Waals surface area contributed by atoms with Crippen molar-refractivity contribution in [2.24, 2.45) is 0 Å². The second-order valence-corrected chi connectivity index (χ2v) is 6.30. The maximum absolute atomic E-state index is 10.9. The lowest BCUT2D eigenvalue weighted by molar-refractivity contribution is -0.148. The second kappa shape index (κ2) is 11.9. The summed E-state index contributed by atoms with van der Waals surface area (Å²) in [6, 6.07) is 0. The lowest BCUT2D eigenvalue weighted by Crippen LogP contribution is -2.24. The van der Waals surface area contributed by atoms with Gasteiger partial charge >= 0.3 is 16.4 Å². The molecule has 0 saturated heterocycles. The monoisotopic (exact) mass is 324 g/mol. The molecule has 0 aromatic heterocycles. The van der Waals surface area contributed by atoms with Gasteiger partial charge in [0.2, 0.25) is 0 Å². The summed E-state index contributed by atoms with van der Waals surface area (Å²) >= 11 is 0. The van der Waals surface area contributed by atoms with Gasteiger partial charge in [-0.3, -0.25) is 9.35 Å². The maximum Gasteiger partial charge on any atom is 0.397 e. The van der Waals surface area contributed by atoms with Gasteiger partial charge in [0.05, 0.1) is 0 Å². The third kappa shape index (κ3) is 15.5. The number of hydrogen-bond acceptors (Lipinski definition) is 5. The summed E-state index contributed by atoms with van der Waals surface area (Å²) in [7, 11) is -4.49. The first kappa shape index (κ1) is 20.3. The van der Waals surface area contributed by atoms with Crippen molar-refractivity contribution >= 4 is 16.4 Å². The Bertz CT molecular complexity index is 366. The molecule has 0 spiro atoms. The molecular weight excluding hydrogens is 296 g/mol. The minimum atomic E-state index is -4.49. The molecule has 0 rings (SSSR count). The van der Waals surface area contributed by atoms with Gasteiger partial charge in [0.1, 0.15) is 12.7 Å². The molecule has 0 aliphatic heterocycles. The van der Waals surface area contributed by atoms with E-state index in [0.29, 0.717) is 6.42 Å². The van der Waals surface area contributed by atoms with Crippen molar-refractivity contribution in [1.82, 2.24) is 0 Å². The molecule has 0 aromatic carbocycles. The summed E-state index contributed by atoms with van der Waals surface area (Å²) in [6.07, 6.45) is 9.08. The number of ether oxygens (including phenoxy) is 1. The van der Waals surface area contributed by atoms with E-state index in [0.717, 1.165) is 19.3 Å². The van der Waals surface area contributed by atoms with Crippen LogP contribution < -0.4 is 0 Å². The molecule has 21 heavy (non-hydrogen) atoms. The number of hydrogen-bond donors (Lipinski definition) is 1. The molecule has 126 valence electrons. The van der Waals surface area contributed by atoms with Crippen LogP contribution >= 0.6 is 0 Å². The van der Waals surface area contributed by atoms with Crippen molar-refractivity contribution in [3.63, 3.8) is 0 Å². The van der Waals surface area contributed by atoms with Gasteiger partial charge in [0.15, 0.2) is 0 Å². The molecule has 0 heterocycles. The quantitative estimate of drug-likeness (QED) is 0.318. The molecule has 0 aromatic rings. The highest BCUT2D eigenvalue weighted by Gasteiger charge is 2.16. The average Bonchev–Trinajstić information content (AvgIpc) is 2.37. The summed E-state index contributed by atoms with van der Waals surface area (Å²) in [6.45, 7) is 3.10. The minimum Gasteiger partial charge on any atom is -0.460 e. The van der Waals surface area contributed by atoms with Crippen molar-refractivity contribution in [3.8, 4) is 0 Å². The van der Waals surface area contributed by atoms with E-state index >= 15 is 0 Å². The van der Waals surface area contributed by atoms with Crippen LogP contribution in [0.25, 0.3) is 0 Å². The zero-order valence-electron chi connectivity index (χ0n) is 13.0. The molecule has 6 nitrogen and oxygen atoms in total. The molecule has 0 bridgehead atoms. The Hall–Kier alpha value is -0.660. The Morgan fingerprint density at radius 1 is 1.05 bits per heavy atom. The summed E-state index contributed by atoms with van der Waals surface area (Å²) in [5.41, 5.74) is 0. The third-order valence-electron chi connectivity index (χ3n) is 3.12. The van der Waals surface area contributed by atoms with Crippen LogP contribution in [-0.2, 0) is 24.1 Å². The number of rotatable bonds is 13. The predicted molar refractivity (Wildman–Crippen MR) is 80.3 cm³/mol. The Labute approximate surface area is 128 Å².